The molecular formula is C35H43N5O5. The molecule has 0 aromatic heterocycles. The van der Waals surface area contributed by atoms with E-state index in [1.807, 2.05) is 46.2 Å². The third-order valence-corrected chi connectivity index (χ3v) is 8.45. The molecule has 2 N–H and O–H groups in total. The van der Waals surface area contributed by atoms with E-state index >= 15 is 0 Å². The number of rotatable bonds is 7. The second kappa shape index (κ2) is 13.6. The summed E-state index contributed by atoms with van der Waals surface area (Å²) in [6.07, 6.45) is 0. The number of amides is 3. The zero-order chi connectivity index (χ0) is 32.1. The number of hydrogen-bond acceptors (Lipinski definition) is 7. The van der Waals surface area contributed by atoms with Crippen molar-refractivity contribution < 1.29 is 23.9 Å². The highest BCUT2D eigenvalue weighted by atomic mass is 16.5. The van der Waals surface area contributed by atoms with Crippen molar-refractivity contribution >= 4 is 29.1 Å². The summed E-state index contributed by atoms with van der Waals surface area (Å²) < 4.78 is 10.7. The van der Waals surface area contributed by atoms with Gasteiger partial charge in [0.2, 0.25) is 0 Å². The Morgan fingerprint density at radius 2 is 1.24 bits per heavy atom. The van der Waals surface area contributed by atoms with Gasteiger partial charge in [-0.05, 0) is 59.5 Å². The van der Waals surface area contributed by atoms with Gasteiger partial charge in [-0.3, -0.25) is 14.4 Å². The van der Waals surface area contributed by atoms with Crippen LogP contribution in [0.1, 0.15) is 57.4 Å². The zero-order valence-corrected chi connectivity index (χ0v) is 26.8. The van der Waals surface area contributed by atoms with Crippen LogP contribution in [0.3, 0.4) is 0 Å². The molecule has 0 atom stereocenters. The summed E-state index contributed by atoms with van der Waals surface area (Å²) in [7, 11) is 3.11. The molecule has 2 aliphatic heterocycles. The van der Waals surface area contributed by atoms with E-state index < -0.39 is 0 Å². The highest BCUT2D eigenvalue weighted by Gasteiger charge is 2.26. The summed E-state index contributed by atoms with van der Waals surface area (Å²) in [5, 5.41) is 6.37. The van der Waals surface area contributed by atoms with Gasteiger partial charge in [0, 0.05) is 69.0 Å². The van der Waals surface area contributed by atoms with Crippen LogP contribution in [0.4, 0.5) is 11.4 Å². The minimum Gasteiger partial charge on any atom is -0.493 e. The van der Waals surface area contributed by atoms with Crippen LogP contribution < -0.4 is 25.0 Å². The van der Waals surface area contributed by atoms with E-state index in [0.717, 1.165) is 24.3 Å². The van der Waals surface area contributed by atoms with Crippen LogP contribution in [0, 0.1) is 0 Å². The molecule has 0 aliphatic carbocycles. The van der Waals surface area contributed by atoms with Crippen molar-refractivity contribution in [2.45, 2.75) is 26.2 Å². The molecule has 10 nitrogen and oxygen atoms in total. The standard InChI is InChI=1S/C35H43N5O5/c1-35(2,3)27-10-6-24(7-11-27)32(41)37-28-22-25(33(42)39-16-14-36-15-17-39)8-12-29(28)38-18-20-40(21-19-38)34(43)26-9-13-30(44-4)31(23-26)45-5/h6-13,22-23,36H,14-21H2,1-5H3,(H,37,41). The van der Waals surface area contributed by atoms with Crippen molar-refractivity contribution in [1.82, 2.24) is 15.1 Å². The summed E-state index contributed by atoms with van der Waals surface area (Å²) in [6, 6.07) is 18.3. The third-order valence-electron chi connectivity index (χ3n) is 8.45. The van der Waals surface area contributed by atoms with Gasteiger partial charge < -0.3 is 34.8 Å². The van der Waals surface area contributed by atoms with Crippen molar-refractivity contribution in [3.8, 4) is 11.5 Å². The minimum atomic E-state index is -0.245. The van der Waals surface area contributed by atoms with Crippen LogP contribution in [0.15, 0.2) is 60.7 Å². The molecule has 238 valence electrons. The SMILES string of the molecule is COc1ccc(C(=O)N2CCN(c3ccc(C(=O)N4CCNCC4)cc3NC(=O)c3ccc(C(C)(C)C)cc3)CC2)cc1OC. The average Bonchev–Trinajstić information content (AvgIpc) is 3.07. The van der Waals surface area contributed by atoms with E-state index in [2.05, 4.69) is 36.3 Å². The summed E-state index contributed by atoms with van der Waals surface area (Å²) in [5.41, 5.74) is 4.10. The van der Waals surface area contributed by atoms with Crippen LogP contribution >= 0.6 is 0 Å². The van der Waals surface area contributed by atoms with E-state index in [-0.39, 0.29) is 23.1 Å². The van der Waals surface area contributed by atoms with Gasteiger partial charge in [-0.1, -0.05) is 32.9 Å². The maximum Gasteiger partial charge on any atom is 0.255 e. The quantitative estimate of drug-likeness (QED) is 0.411. The molecule has 0 radical (unpaired) electrons. The first-order chi connectivity index (χ1) is 21.6. The van der Waals surface area contributed by atoms with E-state index in [4.69, 9.17) is 9.47 Å². The lowest BCUT2D eigenvalue weighted by molar-refractivity contribution is 0.0731. The smallest absolute Gasteiger partial charge is 0.255 e. The van der Waals surface area contributed by atoms with Gasteiger partial charge in [0.25, 0.3) is 17.7 Å². The molecule has 2 fully saturated rings. The first kappa shape index (κ1) is 31.8. The van der Waals surface area contributed by atoms with Gasteiger partial charge in [-0.2, -0.15) is 0 Å². The topological polar surface area (TPSA) is 103 Å². The second-order valence-corrected chi connectivity index (χ2v) is 12.4. The number of benzene rings is 3. The Hall–Kier alpha value is -4.57. The van der Waals surface area contributed by atoms with Crippen LogP contribution in [-0.4, -0.2) is 94.1 Å². The molecule has 10 heteroatoms. The van der Waals surface area contributed by atoms with Gasteiger partial charge in [0.1, 0.15) is 0 Å². The van der Waals surface area contributed by atoms with Crippen LogP contribution in [-0.2, 0) is 5.41 Å². The Morgan fingerprint density at radius 3 is 1.84 bits per heavy atom. The number of methoxy groups -OCH3 is 2. The number of carbonyl (C=O) groups excluding carboxylic acids is 3. The number of piperazine rings is 2. The number of nitrogens with one attached hydrogen (secondary N) is 2. The molecule has 2 aliphatic rings. The van der Waals surface area contributed by atoms with E-state index in [9.17, 15) is 14.4 Å². The molecule has 0 saturated carbocycles. The normalized spacial score (nSPS) is 15.4. The van der Waals surface area contributed by atoms with Gasteiger partial charge >= 0.3 is 0 Å². The number of nitrogens with zero attached hydrogens (tertiary/aromatic N) is 3. The van der Waals surface area contributed by atoms with E-state index in [0.29, 0.717) is 73.1 Å². The average molecular weight is 614 g/mol. The maximum atomic E-state index is 13.5. The number of hydrogen-bond donors (Lipinski definition) is 2. The van der Waals surface area contributed by atoms with E-state index in [1.165, 1.54) is 0 Å². The molecule has 5 rings (SSSR count). The third kappa shape index (κ3) is 7.23. The Morgan fingerprint density at radius 1 is 0.689 bits per heavy atom. The number of ether oxygens (including phenoxy) is 2. The monoisotopic (exact) mass is 613 g/mol. The Bertz CT molecular complexity index is 1530. The summed E-state index contributed by atoms with van der Waals surface area (Å²) in [4.78, 5) is 46.0. The fourth-order valence-electron chi connectivity index (χ4n) is 5.71. The first-order valence-corrected chi connectivity index (χ1v) is 15.4. The van der Waals surface area contributed by atoms with Crippen LogP contribution in [0.25, 0.3) is 0 Å². The molecule has 2 heterocycles. The predicted octanol–water partition coefficient (Wildman–Crippen LogP) is 4.26. The minimum absolute atomic E-state index is 0.0240. The number of carbonyl (C=O) groups is 3. The van der Waals surface area contributed by atoms with Crippen molar-refractivity contribution in [2.75, 3.05) is 76.8 Å². The lowest BCUT2D eigenvalue weighted by Crippen LogP contribution is -2.49. The highest BCUT2D eigenvalue weighted by molar-refractivity contribution is 6.07. The molecule has 0 unspecified atom stereocenters. The van der Waals surface area contributed by atoms with Crippen LogP contribution in [0.5, 0.6) is 11.5 Å². The largest absolute Gasteiger partial charge is 0.493 e. The summed E-state index contributed by atoms with van der Waals surface area (Å²) >= 11 is 0. The Labute approximate surface area is 265 Å². The highest BCUT2D eigenvalue weighted by Crippen LogP contribution is 2.31. The number of anilines is 2. The van der Waals surface area contributed by atoms with Gasteiger partial charge in [0.05, 0.1) is 25.6 Å². The molecule has 3 amide bonds. The molecule has 0 spiro atoms. The predicted molar refractivity (Wildman–Crippen MR) is 176 cm³/mol. The molecule has 3 aromatic carbocycles. The molecule has 3 aromatic rings. The van der Waals surface area contributed by atoms with Gasteiger partial charge in [-0.25, -0.2) is 0 Å². The van der Waals surface area contributed by atoms with Crippen molar-refractivity contribution in [2.24, 2.45) is 0 Å². The van der Waals surface area contributed by atoms with Crippen molar-refractivity contribution in [3.05, 3.63) is 82.9 Å². The lowest BCUT2D eigenvalue weighted by Gasteiger charge is -2.37. The summed E-state index contributed by atoms with van der Waals surface area (Å²) in [5.74, 6) is 0.687. The Kier molecular flexibility index (Phi) is 9.63. The van der Waals surface area contributed by atoms with Crippen LogP contribution in [0.2, 0.25) is 0 Å². The van der Waals surface area contributed by atoms with Crippen molar-refractivity contribution in [1.29, 1.82) is 0 Å². The molecule has 0 bridgehead atoms. The second-order valence-electron chi connectivity index (χ2n) is 12.4. The van der Waals surface area contributed by atoms with Crippen molar-refractivity contribution in [3.63, 3.8) is 0 Å². The molecule has 2 saturated heterocycles. The lowest BCUT2D eigenvalue weighted by atomic mass is 9.86. The fraction of sp³-hybridized carbons (Fsp3) is 0.400. The maximum absolute atomic E-state index is 13.5. The zero-order valence-electron chi connectivity index (χ0n) is 26.8. The van der Waals surface area contributed by atoms with Gasteiger partial charge in [0.15, 0.2) is 11.5 Å². The van der Waals surface area contributed by atoms with E-state index in [1.54, 1.807) is 38.5 Å². The molecular weight excluding hydrogens is 570 g/mol. The van der Waals surface area contributed by atoms with Gasteiger partial charge in [-0.15, -0.1) is 0 Å². The summed E-state index contributed by atoms with van der Waals surface area (Å²) in [6.45, 7) is 11.3. The first-order valence-electron chi connectivity index (χ1n) is 15.4. The fourth-order valence-corrected chi connectivity index (χ4v) is 5.71. The molecule has 45 heavy (non-hydrogen) atoms. The Balaban J connectivity index is 1.36.